The minimum atomic E-state index is -0.0220. The summed E-state index contributed by atoms with van der Waals surface area (Å²) in [4.78, 5) is 4.25. The van der Waals surface area contributed by atoms with Gasteiger partial charge in [0.05, 0.1) is 5.69 Å². The van der Waals surface area contributed by atoms with Crippen LogP contribution in [0.4, 0.5) is 5.69 Å². The van der Waals surface area contributed by atoms with Crippen LogP contribution in [0.1, 0.15) is 5.56 Å². The predicted octanol–water partition coefficient (Wildman–Crippen LogP) is 2.12. The van der Waals surface area contributed by atoms with Crippen molar-refractivity contribution in [3.8, 4) is 11.5 Å². The largest absolute Gasteiger partial charge is 0.508 e. The molecule has 6 heteroatoms. The van der Waals surface area contributed by atoms with Gasteiger partial charge in [-0.1, -0.05) is 0 Å². The molecule has 3 aromatic rings. The SMILES string of the molecule is Oc1ccc(C=Nc2ccc3n[nH]nc3c2)c(O)c1. The molecule has 0 aliphatic rings. The fourth-order valence-corrected chi connectivity index (χ4v) is 1.69. The number of H-pyrrole nitrogens is 1. The lowest BCUT2D eigenvalue weighted by atomic mass is 10.2. The molecule has 0 saturated carbocycles. The lowest BCUT2D eigenvalue weighted by Crippen LogP contribution is -1.81. The fraction of sp³-hybridized carbons (Fsp3) is 0. The van der Waals surface area contributed by atoms with Crippen molar-refractivity contribution in [2.45, 2.75) is 0 Å². The van der Waals surface area contributed by atoms with Crippen LogP contribution in [0.2, 0.25) is 0 Å². The first-order chi connectivity index (χ1) is 9.22. The number of aromatic hydroxyl groups is 2. The number of benzene rings is 2. The number of phenols is 2. The zero-order valence-corrected chi connectivity index (χ0v) is 9.78. The van der Waals surface area contributed by atoms with Gasteiger partial charge in [0.1, 0.15) is 22.5 Å². The Hall–Kier alpha value is -2.89. The van der Waals surface area contributed by atoms with Crippen LogP contribution in [0.3, 0.4) is 0 Å². The molecular formula is C13H10N4O2. The van der Waals surface area contributed by atoms with E-state index in [0.717, 1.165) is 11.0 Å². The lowest BCUT2D eigenvalue weighted by molar-refractivity contribution is 0.450. The summed E-state index contributed by atoms with van der Waals surface area (Å²) >= 11 is 0. The number of rotatable bonds is 2. The molecule has 19 heavy (non-hydrogen) atoms. The zero-order valence-electron chi connectivity index (χ0n) is 9.78. The molecule has 0 atom stereocenters. The number of phenolic OH excluding ortho intramolecular Hbond substituents is 2. The number of fused-ring (bicyclic) bond motifs is 1. The summed E-state index contributed by atoms with van der Waals surface area (Å²) in [5.74, 6) is -0.00932. The van der Waals surface area contributed by atoms with E-state index in [4.69, 9.17) is 0 Å². The molecule has 0 unspecified atom stereocenters. The predicted molar refractivity (Wildman–Crippen MR) is 70.9 cm³/mol. The lowest BCUT2D eigenvalue weighted by Gasteiger charge is -1.99. The van der Waals surface area contributed by atoms with E-state index >= 15 is 0 Å². The average Bonchev–Trinajstić information content (AvgIpc) is 2.85. The average molecular weight is 254 g/mol. The maximum Gasteiger partial charge on any atom is 0.128 e. The molecule has 3 rings (SSSR count). The van der Waals surface area contributed by atoms with Crippen molar-refractivity contribution >= 4 is 22.9 Å². The fourth-order valence-electron chi connectivity index (χ4n) is 1.69. The van der Waals surface area contributed by atoms with Crippen LogP contribution in [0, 0.1) is 0 Å². The summed E-state index contributed by atoms with van der Waals surface area (Å²) in [6.45, 7) is 0. The molecule has 0 bridgehead atoms. The van der Waals surface area contributed by atoms with Crippen LogP contribution in [-0.2, 0) is 0 Å². The summed E-state index contributed by atoms with van der Waals surface area (Å²) in [5, 5.41) is 29.3. The highest BCUT2D eigenvalue weighted by Gasteiger charge is 2.01. The van der Waals surface area contributed by atoms with E-state index in [0.29, 0.717) is 11.3 Å². The van der Waals surface area contributed by atoms with Crippen molar-refractivity contribution in [1.29, 1.82) is 0 Å². The number of nitrogens with one attached hydrogen (secondary N) is 1. The van der Waals surface area contributed by atoms with Crippen LogP contribution >= 0.6 is 0 Å². The Kier molecular flexibility index (Phi) is 2.60. The smallest absolute Gasteiger partial charge is 0.128 e. The number of hydrogen-bond donors (Lipinski definition) is 3. The topological polar surface area (TPSA) is 94.4 Å². The second kappa shape index (κ2) is 4.41. The Morgan fingerprint density at radius 2 is 1.84 bits per heavy atom. The normalized spacial score (nSPS) is 11.4. The van der Waals surface area contributed by atoms with Crippen LogP contribution in [0.15, 0.2) is 41.4 Å². The van der Waals surface area contributed by atoms with Crippen LogP contribution in [-0.4, -0.2) is 31.8 Å². The number of aromatic nitrogens is 3. The van der Waals surface area contributed by atoms with Gasteiger partial charge in [-0.25, -0.2) is 0 Å². The van der Waals surface area contributed by atoms with Crippen molar-refractivity contribution in [3.05, 3.63) is 42.0 Å². The highest BCUT2D eigenvalue weighted by molar-refractivity contribution is 5.87. The summed E-state index contributed by atoms with van der Waals surface area (Å²) < 4.78 is 0. The van der Waals surface area contributed by atoms with E-state index in [1.54, 1.807) is 18.2 Å². The molecule has 1 aromatic heterocycles. The van der Waals surface area contributed by atoms with Crippen LogP contribution in [0.5, 0.6) is 11.5 Å². The van der Waals surface area contributed by atoms with Crippen molar-refractivity contribution in [3.63, 3.8) is 0 Å². The minimum Gasteiger partial charge on any atom is -0.508 e. The van der Waals surface area contributed by atoms with Gasteiger partial charge in [-0.15, -0.1) is 0 Å². The molecule has 0 aliphatic carbocycles. The minimum absolute atomic E-state index is 0.0127. The summed E-state index contributed by atoms with van der Waals surface area (Å²) in [7, 11) is 0. The maximum atomic E-state index is 9.63. The maximum absolute atomic E-state index is 9.63. The second-order valence-corrected chi connectivity index (χ2v) is 4.00. The van der Waals surface area contributed by atoms with E-state index < -0.39 is 0 Å². The third kappa shape index (κ3) is 2.23. The highest BCUT2D eigenvalue weighted by Crippen LogP contribution is 2.22. The van der Waals surface area contributed by atoms with Gasteiger partial charge in [-0.3, -0.25) is 4.99 Å². The van der Waals surface area contributed by atoms with Crippen LogP contribution < -0.4 is 0 Å². The van der Waals surface area contributed by atoms with E-state index in [1.807, 2.05) is 6.07 Å². The van der Waals surface area contributed by atoms with Gasteiger partial charge in [0.2, 0.25) is 0 Å². The molecule has 0 saturated heterocycles. The first-order valence-corrected chi connectivity index (χ1v) is 5.59. The van der Waals surface area contributed by atoms with Crippen molar-refractivity contribution in [2.75, 3.05) is 0 Å². The van der Waals surface area contributed by atoms with E-state index in [1.165, 1.54) is 18.3 Å². The van der Waals surface area contributed by atoms with Gasteiger partial charge >= 0.3 is 0 Å². The molecule has 0 aliphatic heterocycles. The first-order valence-electron chi connectivity index (χ1n) is 5.59. The van der Waals surface area contributed by atoms with Gasteiger partial charge < -0.3 is 10.2 Å². The van der Waals surface area contributed by atoms with Gasteiger partial charge in [-0.2, -0.15) is 15.4 Å². The molecule has 6 nitrogen and oxygen atoms in total. The third-order valence-corrected chi connectivity index (χ3v) is 2.67. The van der Waals surface area contributed by atoms with Gasteiger partial charge in [0.15, 0.2) is 0 Å². The molecule has 3 N–H and O–H groups in total. The Morgan fingerprint density at radius 3 is 2.68 bits per heavy atom. The standard InChI is InChI=1S/C13H10N4O2/c18-10-3-1-8(13(19)6-10)7-14-9-2-4-11-12(5-9)16-17-15-11/h1-7,18-19H,(H,15,16,17). The summed E-state index contributed by atoms with van der Waals surface area (Å²) in [5.41, 5.74) is 2.72. The molecule has 2 aromatic carbocycles. The van der Waals surface area contributed by atoms with Gasteiger partial charge in [0.25, 0.3) is 0 Å². The third-order valence-electron chi connectivity index (χ3n) is 2.67. The van der Waals surface area contributed by atoms with Crippen LogP contribution in [0.25, 0.3) is 11.0 Å². The zero-order chi connectivity index (χ0) is 13.2. The van der Waals surface area contributed by atoms with Crippen molar-refractivity contribution in [2.24, 2.45) is 4.99 Å². The quantitative estimate of drug-likeness (QED) is 0.610. The Labute approximate surface area is 108 Å². The molecule has 94 valence electrons. The first kappa shape index (κ1) is 11.2. The molecular weight excluding hydrogens is 244 g/mol. The van der Waals surface area contributed by atoms with E-state index in [2.05, 4.69) is 20.4 Å². The second-order valence-electron chi connectivity index (χ2n) is 4.00. The molecule has 0 radical (unpaired) electrons. The molecule has 1 heterocycles. The Morgan fingerprint density at radius 1 is 1.00 bits per heavy atom. The molecule has 0 fully saturated rings. The van der Waals surface area contributed by atoms with E-state index in [9.17, 15) is 10.2 Å². The number of aromatic amines is 1. The monoisotopic (exact) mass is 254 g/mol. The molecule has 0 amide bonds. The van der Waals surface area contributed by atoms with Crippen molar-refractivity contribution < 1.29 is 10.2 Å². The highest BCUT2D eigenvalue weighted by atomic mass is 16.3. The van der Waals surface area contributed by atoms with Crippen molar-refractivity contribution in [1.82, 2.24) is 15.4 Å². The summed E-state index contributed by atoms with van der Waals surface area (Å²) in [6, 6.07) is 9.74. The van der Waals surface area contributed by atoms with Gasteiger partial charge in [-0.05, 0) is 30.3 Å². The van der Waals surface area contributed by atoms with E-state index in [-0.39, 0.29) is 11.5 Å². The molecule has 0 spiro atoms. The van der Waals surface area contributed by atoms with Gasteiger partial charge in [0, 0.05) is 17.8 Å². The number of nitrogens with zero attached hydrogens (tertiary/aromatic N) is 3. The summed E-state index contributed by atoms with van der Waals surface area (Å²) in [6.07, 6.45) is 1.52. The number of hydrogen-bond acceptors (Lipinski definition) is 5. The number of aliphatic imine (C=N–C) groups is 1. The Bertz CT molecular complexity index is 764. The Balaban J connectivity index is 1.92.